The molecule has 1 atom stereocenters. The number of piperidine rings is 1. The molecule has 5 rings (SSSR count). The lowest BCUT2D eigenvalue weighted by molar-refractivity contribution is -0.140. The first kappa shape index (κ1) is 34.1. The van der Waals surface area contributed by atoms with E-state index in [1.165, 1.54) is 24.5 Å². The fourth-order valence-electron chi connectivity index (χ4n) is 5.25. The number of carbonyl (C=O) groups is 3. The van der Waals surface area contributed by atoms with Crippen LogP contribution in [0, 0.1) is 0 Å². The number of likely N-dealkylation sites (N-methyl/N-ethyl adjacent to an activating group) is 1. The van der Waals surface area contributed by atoms with E-state index < -0.39 is 29.3 Å². The van der Waals surface area contributed by atoms with Crippen LogP contribution in [0.2, 0.25) is 0 Å². The Morgan fingerprint density at radius 1 is 1.20 bits per heavy atom. The van der Waals surface area contributed by atoms with E-state index in [0.717, 1.165) is 42.5 Å². The highest BCUT2D eigenvalue weighted by Crippen LogP contribution is 2.39. The molecule has 0 aliphatic carbocycles. The van der Waals surface area contributed by atoms with Gasteiger partial charge in [0.05, 0.1) is 5.52 Å². The molecule has 244 valence electrons. The summed E-state index contributed by atoms with van der Waals surface area (Å²) in [6, 6.07) is 5.97. The third-order valence-electron chi connectivity index (χ3n) is 7.46. The van der Waals surface area contributed by atoms with E-state index in [0.29, 0.717) is 29.7 Å². The molecule has 0 saturated carbocycles. The van der Waals surface area contributed by atoms with Crippen LogP contribution in [0.1, 0.15) is 42.2 Å². The highest BCUT2D eigenvalue weighted by Gasteiger charge is 2.34. The molecule has 16 heteroatoms. The third-order valence-corrected chi connectivity index (χ3v) is 8.33. The number of fused-ring (bicyclic) bond motifs is 1. The molecule has 4 heterocycles. The number of amides is 2. The molecule has 1 unspecified atom stereocenters. The number of pyridine rings is 2. The Bertz CT molecular complexity index is 1810. The molecule has 1 aliphatic rings. The molecule has 0 radical (unpaired) electrons. The molecule has 1 aliphatic heterocycles. The number of rotatable bonds is 7. The molecule has 0 bridgehead atoms. The molecule has 4 N–H and O–H groups in total. The summed E-state index contributed by atoms with van der Waals surface area (Å²) < 4.78 is 42.0. The number of carbonyl (C=O) groups excluding carboxylic acids is 1. The van der Waals surface area contributed by atoms with Crippen LogP contribution in [0.5, 0.6) is 0 Å². The van der Waals surface area contributed by atoms with Crippen LogP contribution >= 0.6 is 11.3 Å². The number of thiazole rings is 1. The molecular weight excluding hydrogens is 629 g/mol. The van der Waals surface area contributed by atoms with Crippen molar-refractivity contribution >= 4 is 46.5 Å². The molecule has 1 aromatic carbocycles. The molecule has 1 fully saturated rings. The van der Waals surface area contributed by atoms with Gasteiger partial charge in [-0.1, -0.05) is 12.5 Å². The van der Waals surface area contributed by atoms with Crippen LogP contribution in [0.3, 0.4) is 0 Å². The second-order valence-corrected chi connectivity index (χ2v) is 11.3. The lowest BCUT2D eigenvalue weighted by Crippen LogP contribution is -2.39. The smallest absolute Gasteiger partial charge is 0.434 e. The average Bonchev–Trinajstić information content (AvgIpc) is 3.51. The van der Waals surface area contributed by atoms with Crippen molar-refractivity contribution in [2.45, 2.75) is 44.9 Å². The largest absolute Gasteiger partial charge is 0.483 e. The number of carboxylic acid groups (broad SMARTS) is 2. The van der Waals surface area contributed by atoms with Gasteiger partial charge in [0, 0.05) is 53.4 Å². The van der Waals surface area contributed by atoms with Crippen molar-refractivity contribution in [3.8, 4) is 21.7 Å². The van der Waals surface area contributed by atoms with Crippen LogP contribution in [0.25, 0.3) is 32.6 Å². The van der Waals surface area contributed by atoms with Crippen molar-refractivity contribution in [1.82, 2.24) is 24.8 Å². The fraction of sp³-hybridized carbons (Fsp3) is 0.333. The van der Waals surface area contributed by atoms with Crippen LogP contribution in [0.15, 0.2) is 46.8 Å². The van der Waals surface area contributed by atoms with Crippen molar-refractivity contribution in [2.24, 2.45) is 0 Å². The molecule has 4 aromatic rings. The first-order valence-electron chi connectivity index (χ1n) is 14.1. The van der Waals surface area contributed by atoms with Gasteiger partial charge in [0.2, 0.25) is 5.43 Å². The van der Waals surface area contributed by atoms with Gasteiger partial charge in [0.25, 0.3) is 6.47 Å². The van der Waals surface area contributed by atoms with E-state index in [1.54, 1.807) is 23.6 Å². The van der Waals surface area contributed by atoms with Crippen LogP contribution in [-0.2, 0) is 17.5 Å². The number of nitrogens with one attached hydrogen (secondary N) is 2. The Hall–Kier alpha value is -4.83. The maximum Gasteiger partial charge on any atom is 0.434 e. The third kappa shape index (κ3) is 7.69. The summed E-state index contributed by atoms with van der Waals surface area (Å²) >= 11 is 0.776. The summed E-state index contributed by atoms with van der Waals surface area (Å²) in [6.07, 6.45) is 1.17. The fourth-order valence-corrected chi connectivity index (χ4v) is 6.11. The van der Waals surface area contributed by atoms with Gasteiger partial charge in [-0.15, -0.1) is 11.3 Å². The van der Waals surface area contributed by atoms with Gasteiger partial charge in [-0.3, -0.25) is 14.9 Å². The first-order valence-corrected chi connectivity index (χ1v) is 15.0. The number of alkyl halides is 3. The van der Waals surface area contributed by atoms with Crippen LogP contribution in [0.4, 0.5) is 23.8 Å². The van der Waals surface area contributed by atoms with E-state index in [-0.39, 0.29) is 39.9 Å². The number of urea groups is 1. The van der Waals surface area contributed by atoms with Gasteiger partial charge in [-0.2, -0.15) is 13.2 Å². The lowest BCUT2D eigenvalue weighted by atomic mass is 9.98. The maximum absolute atomic E-state index is 13.4. The summed E-state index contributed by atoms with van der Waals surface area (Å²) in [4.78, 5) is 56.2. The van der Waals surface area contributed by atoms with E-state index in [4.69, 9.17) is 9.90 Å². The predicted molar refractivity (Wildman–Crippen MR) is 166 cm³/mol. The van der Waals surface area contributed by atoms with Gasteiger partial charge < -0.3 is 25.0 Å². The Balaban J connectivity index is 0.00000154. The minimum Gasteiger partial charge on any atom is -0.483 e. The number of hydrogen-bond acceptors (Lipinski definition) is 8. The molecule has 46 heavy (non-hydrogen) atoms. The monoisotopic (exact) mass is 660 g/mol. The van der Waals surface area contributed by atoms with Crippen molar-refractivity contribution in [2.75, 3.05) is 25.5 Å². The second kappa shape index (κ2) is 14.5. The van der Waals surface area contributed by atoms with Gasteiger partial charge in [0.1, 0.15) is 16.4 Å². The number of aromatic carboxylic acids is 1. The Labute approximate surface area is 264 Å². The topological polar surface area (TPSA) is 167 Å². The zero-order valence-electron chi connectivity index (χ0n) is 24.8. The van der Waals surface area contributed by atoms with E-state index >= 15 is 0 Å². The summed E-state index contributed by atoms with van der Waals surface area (Å²) in [6.45, 7) is 3.24. The molecular formula is C30H31F3N6O6S. The Morgan fingerprint density at radius 3 is 2.57 bits per heavy atom. The zero-order valence-corrected chi connectivity index (χ0v) is 25.6. The van der Waals surface area contributed by atoms with Crippen molar-refractivity contribution in [3.63, 3.8) is 0 Å². The van der Waals surface area contributed by atoms with E-state index in [9.17, 15) is 32.7 Å². The molecule has 1 saturated heterocycles. The normalized spacial score (nSPS) is 15.1. The molecule has 12 nitrogen and oxygen atoms in total. The summed E-state index contributed by atoms with van der Waals surface area (Å²) in [7, 11) is 2.02. The number of carboxylic acids is 1. The zero-order chi connectivity index (χ0) is 33.6. The number of likely N-dealkylation sites (tertiary alicyclic amines) is 1. The van der Waals surface area contributed by atoms with Gasteiger partial charge in [-0.05, 0) is 57.1 Å². The van der Waals surface area contributed by atoms with Gasteiger partial charge in [-0.25, -0.2) is 19.6 Å². The minimum absolute atomic E-state index is 0.0285. The number of hydrogen-bond donors (Lipinski definition) is 4. The summed E-state index contributed by atoms with van der Waals surface area (Å²) in [5.41, 5.74) is -0.549. The predicted octanol–water partition coefficient (Wildman–Crippen LogP) is 5.23. The average molecular weight is 661 g/mol. The van der Waals surface area contributed by atoms with E-state index in [1.807, 2.05) is 7.05 Å². The number of benzene rings is 1. The summed E-state index contributed by atoms with van der Waals surface area (Å²) in [5.74, 6) is -1.27. The van der Waals surface area contributed by atoms with Gasteiger partial charge >= 0.3 is 18.2 Å². The van der Waals surface area contributed by atoms with Crippen molar-refractivity contribution in [3.05, 3.63) is 63.5 Å². The SMILES string of the molecule is CCNC(=O)Nc1cc(-c2nc(C(F)(F)F)cs2)c(-c2ccc3c(c2)c(=O)c(C(=O)O)cn3CC2CCCCN2C)cn1.O=CO. The standard InChI is InChI=1S/C29H29F3N6O4S.CH2O2/c1-3-33-28(42)36-24-11-18(26-35-23(15-43-26)29(30,31)32)20(12-34-24)16-7-8-22-19(10-16)25(39)21(27(40)41)14-38(22)13-17-6-4-5-9-37(17)2;2-1-3/h7-8,10-12,14-15,17H,3-6,9,13H2,1-2H3,(H,40,41)(H2,33,34,36,42);1H,(H,2,3). The Kier molecular flexibility index (Phi) is 10.7. The highest BCUT2D eigenvalue weighted by atomic mass is 32.1. The quantitative estimate of drug-likeness (QED) is 0.194. The first-order chi connectivity index (χ1) is 21.9. The Morgan fingerprint density at radius 2 is 1.93 bits per heavy atom. The number of nitrogens with zero attached hydrogens (tertiary/aromatic N) is 4. The van der Waals surface area contributed by atoms with Crippen molar-refractivity contribution < 1.29 is 37.8 Å². The van der Waals surface area contributed by atoms with E-state index in [2.05, 4.69) is 25.5 Å². The highest BCUT2D eigenvalue weighted by molar-refractivity contribution is 7.13. The maximum atomic E-state index is 13.4. The van der Waals surface area contributed by atoms with Crippen LogP contribution in [-0.4, -0.2) is 74.3 Å². The van der Waals surface area contributed by atoms with Crippen molar-refractivity contribution in [1.29, 1.82) is 0 Å². The minimum atomic E-state index is -4.66. The van der Waals surface area contributed by atoms with Gasteiger partial charge in [0.15, 0.2) is 5.69 Å². The molecule has 0 spiro atoms. The second-order valence-electron chi connectivity index (χ2n) is 10.4. The van der Waals surface area contributed by atoms with Crippen LogP contribution < -0.4 is 16.1 Å². The number of anilines is 1. The molecule has 2 amide bonds. The molecule has 3 aromatic heterocycles. The lowest BCUT2D eigenvalue weighted by Gasteiger charge is -2.33. The number of aromatic nitrogens is 3. The summed E-state index contributed by atoms with van der Waals surface area (Å²) in [5, 5.41) is 22.9. The number of halogens is 3.